The van der Waals surface area contributed by atoms with Gasteiger partial charge in [-0.05, 0) is 107 Å². The molecule has 0 aromatic heterocycles. The Labute approximate surface area is 176 Å². The van der Waals surface area contributed by atoms with Gasteiger partial charge < -0.3 is 15.3 Å². The number of benzene rings is 4. The zero-order valence-electron chi connectivity index (χ0n) is 17.3. The van der Waals surface area contributed by atoms with Crippen LogP contribution in [0.3, 0.4) is 0 Å². The van der Waals surface area contributed by atoms with E-state index in [4.69, 9.17) is 0 Å². The quantitative estimate of drug-likeness (QED) is 0.360. The van der Waals surface area contributed by atoms with Gasteiger partial charge in [0.1, 0.15) is 17.2 Å². The number of phenolic OH excluding ortho intramolecular Hbond substituents is 3. The van der Waals surface area contributed by atoms with Gasteiger partial charge in [0, 0.05) is 0 Å². The molecular weight excluding hydrogens is 372 g/mol. The van der Waals surface area contributed by atoms with Crippen LogP contribution in [0.1, 0.15) is 16.7 Å². The first-order valence-electron chi connectivity index (χ1n) is 9.88. The SMILES string of the molecule is Cc1cc(-c2cccc(-c3ccc(O)c(C)c3)c2-c2ccc(O)c(C)c2)ccc1O. The Kier molecular flexibility index (Phi) is 4.96. The summed E-state index contributed by atoms with van der Waals surface area (Å²) in [5.41, 5.74) is 8.53. The fraction of sp³-hybridized carbons (Fsp3) is 0.111. The van der Waals surface area contributed by atoms with Crippen LogP contribution in [0.2, 0.25) is 0 Å². The molecule has 150 valence electrons. The Hall–Kier alpha value is -3.72. The largest absolute Gasteiger partial charge is 0.508 e. The molecule has 0 spiro atoms. The first-order chi connectivity index (χ1) is 14.3. The fourth-order valence-corrected chi connectivity index (χ4v) is 3.80. The lowest BCUT2D eigenvalue weighted by atomic mass is 9.86. The van der Waals surface area contributed by atoms with Crippen molar-refractivity contribution in [1.82, 2.24) is 0 Å². The number of aryl methyl sites for hydroxylation is 3. The summed E-state index contributed by atoms with van der Waals surface area (Å²) in [6.45, 7) is 5.66. The van der Waals surface area contributed by atoms with Crippen molar-refractivity contribution >= 4 is 0 Å². The smallest absolute Gasteiger partial charge is 0.118 e. The zero-order chi connectivity index (χ0) is 21.4. The van der Waals surface area contributed by atoms with E-state index in [9.17, 15) is 15.3 Å². The summed E-state index contributed by atoms with van der Waals surface area (Å²) in [7, 11) is 0. The monoisotopic (exact) mass is 396 g/mol. The van der Waals surface area contributed by atoms with Crippen LogP contribution in [0.15, 0.2) is 72.8 Å². The molecule has 4 rings (SSSR count). The van der Waals surface area contributed by atoms with Gasteiger partial charge in [0.15, 0.2) is 0 Å². The molecule has 0 saturated heterocycles. The predicted molar refractivity (Wildman–Crippen MR) is 122 cm³/mol. The predicted octanol–water partition coefficient (Wildman–Crippen LogP) is 6.73. The molecule has 0 saturated carbocycles. The second-order valence-electron chi connectivity index (χ2n) is 7.73. The van der Waals surface area contributed by atoms with Gasteiger partial charge in [-0.25, -0.2) is 0 Å². The molecule has 0 fully saturated rings. The highest BCUT2D eigenvalue weighted by Crippen LogP contribution is 2.42. The van der Waals surface area contributed by atoms with Crippen molar-refractivity contribution < 1.29 is 15.3 Å². The molecule has 0 aliphatic carbocycles. The van der Waals surface area contributed by atoms with E-state index in [-0.39, 0.29) is 17.2 Å². The maximum absolute atomic E-state index is 10.0. The first-order valence-corrected chi connectivity index (χ1v) is 9.88. The normalized spacial score (nSPS) is 10.9. The highest BCUT2D eigenvalue weighted by molar-refractivity contribution is 5.95. The molecule has 4 aromatic carbocycles. The van der Waals surface area contributed by atoms with Crippen molar-refractivity contribution in [3.63, 3.8) is 0 Å². The van der Waals surface area contributed by atoms with E-state index in [1.165, 1.54) is 0 Å². The molecule has 0 atom stereocenters. The third-order valence-electron chi connectivity index (χ3n) is 5.57. The lowest BCUT2D eigenvalue weighted by Crippen LogP contribution is -1.92. The summed E-state index contributed by atoms with van der Waals surface area (Å²) in [6.07, 6.45) is 0. The van der Waals surface area contributed by atoms with Crippen LogP contribution in [0.5, 0.6) is 17.2 Å². The van der Waals surface area contributed by atoms with Gasteiger partial charge >= 0.3 is 0 Å². The minimum atomic E-state index is 0.263. The van der Waals surface area contributed by atoms with Gasteiger partial charge in [-0.1, -0.05) is 36.4 Å². The first kappa shape index (κ1) is 19.6. The van der Waals surface area contributed by atoms with E-state index in [1.54, 1.807) is 18.2 Å². The molecule has 0 unspecified atom stereocenters. The summed E-state index contributed by atoms with van der Waals surface area (Å²) in [5, 5.41) is 30.0. The molecular formula is C27H24O3. The Bertz CT molecular complexity index is 1190. The highest BCUT2D eigenvalue weighted by atomic mass is 16.3. The average molecular weight is 396 g/mol. The molecule has 30 heavy (non-hydrogen) atoms. The van der Waals surface area contributed by atoms with E-state index in [0.717, 1.165) is 50.1 Å². The van der Waals surface area contributed by atoms with Crippen LogP contribution >= 0.6 is 0 Å². The summed E-state index contributed by atoms with van der Waals surface area (Å²) < 4.78 is 0. The Morgan fingerprint density at radius 1 is 0.467 bits per heavy atom. The maximum atomic E-state index is 10.0. The van der Waals surface area contributed by atoms with Crippen molar-refractivity contribution in [1.29, 1.82) is 0 Å². The van der Waals surface area contributed by atoms with Gasteiger partial charge in [0.05, 0.1) is 0 Å². The highest BCUT2D eigenvalue weighted by Gasteiger charge is 2.16. The summed E-state index contributed by atoms with van der Waals surface area (Å²) in [6, 6.07) is 23.0. The molecule has 3 nitrogen and oxygen atoms in total. The number of hydrogen-bond donors (Lipinski definition) is 3. The molecule has 0 bridgehead atoms. The van der Waals surface area contributed by atoms with Crippen molar-refractivity contribution in [3.05, 3.63) is 89.5 Å². The van der Waals surface area contributed by atoms with Gasteiger partial charge in [-0.3, -0.25) is 0 Å². The van der Waals surface area contributed by atoms with E-state index < -0.39 is 0 Å². The molecule has 3 N–H and O–H groups in total. The second kappa shape index (κ2) is 7.60. The molecule has 0 heterocycles. The second-order valence-corrected chi connectivity index (χ2v) is 7.73. The van der Waals surface area contributed by atoms with Gasteiger partial charge in [-0.15, -0.1) is 0 Å². The lowest BCUT2D eigenvalue weighted by Gasteiger charge is -2.18. The van der Waals surface area contributed by atoms with Crippen molar-refractivity contribution in [3.8, 4) is 50.6 Å². The van der Waals surface area contributed by atoms with Crippen molar-refractivity contribution in [2.24, 2.45) is 0 Å². The Morgan fingerprint density at radius 2 is 0.833 bits per heavy atom. The zero-order valence-corrected chi connectivity index (χ0v) is 17.3. The minimum absolute atomic E-state index is 0.263. The van der Waals surface area contributed by atoms with E-state index in [2.05, 4.69) is 12.1 Å². The molecule has 0 aliphatic rings. The lowest BCUT2D eigenvalue weighted by molar-refractivity contribution is 0.470. The molecule has 3 heteroatoms. The minimum Gasteiger partial charge on any atom is -0.508 e. The number of phenols is 3. The fourth-order valence-electron chi connectivity index (χ4n) is 3.80. The van der Waals surface area contributed by atoms with Gasteiger partial charge in [0.2, 0.25) is 0 Å². The number of hydrogen-bond acceptors (Lipinski definition) is 3. The average Bonchev–Trinajstić information content (AvgIpc) is 2.73. The Morgan fingerprint density at radius 3 is 1.23 bits per heavy atom. The van der Waals surface area contributed by atoms with Crippen LogP contribution in [-0.4, -0.2) is 15.3 Å². The van der Waals surface area contributed by atoms with E-state index >= 15 is 0 Å². The third-order valence-corrected chi connectivity index (χ3v) is 5.57. The van der Waals surface area contributed by atoms with Gasteiger partial charge in [-0.2, -0.15) is 0 Å². The van der Waals surface area contributed by atoms with Crippen molar-refractivity contribution in [2.75, 3.05) is 0 Å². The summed E-state index contributed by atoms with van der Waals surface area (Å²) in [4.78, 5) is 0. The number of rotatable bonds is 3. The van der Waals surface area contributed by atoms with E-state index in [1.807, 2.05) is 63.2 Å². The molecule has 0 aliphatic heterocycles. The maximum Gasteiger partial charge on any atom is 0.118 e. The molecule has 4 aromatic rings. The van der Waals surface area contributed by atoms with Crippen LogP contribution < -0.4 is 0 Å². The van der Waals surface area contributed by atoms with Crippen LogP contribution in [0, 0.1) is 20.8 Å². The van der Waals surface area contributed by atoms with Gasteiger partial charge in [0.25, 0.3) is 0 Å². The van der Waals surface area contributed by atoms with Crippen LogP contribution in [-0.2, 0) is 0 Å². The molecule has 0 amide bonds. The standard InChI is InChI=1S/C27H24O3/c1-16-13-19(7-10-24(16)28)22-5-4-6-23(20-8-11-25(29)17(2)14-20)27(22)21-9-12-26(30)18(3)15-21/h4-15,28-30H,1-3H3. The third kappa shape index (κ3) is 3.50. The Balaban J connectivity index is 2.04. The number of aromatic hydroxyl groups is 3. The van der Waals surface area contributed by atoms with Crippen molar-refractivity contribution in [2.45, 2.75) is 20.8 Å². The summed E-state index contributed by atoms with van der Waals surface area (Å²) in [5.74, 6) is 0.802. The molecule has 0 radical (unpaired) electrons. The van der Waals surface area contributed by atoms with Crippen LogP contribution in [0.25, 0.3) is 33.4 Å². The van der Waals surface area contributed by atoms with E-state index in [0.29, 0.717) is 0 Å². The van der Waals surface area contributed by atoms with Crippen LogP contribution in [0.4, 0.5) is 0 Å². The topological polar surface area (TPSA) is 60.7 Å². The summed E-state index contributed by atoms with van der Waals surface area (Å²) >= 11 is 0.